The summed E-state index contributed by atoms with van der Waals surface area (Å²) in [4.78, 5) is 25.9. The Balaban J connectivity index is 2.18. The molecule has 0 spiro atoms. The smallest absolute Gasteiger partial charge is 0.381 e. The van der Waals surface area contributed by atoms with Crippen LogP contribution in [0, 0.1) is 42.2 Å². The van der Waals surface area contributed by atoms with Crippen LogP contribution in [0.15, 0.2) is 18.3 Å². The first-order chi connectivity index (χ1) is 10.8. The average molecular weight is 314 g/mol. The van der Waals surface area contributed by atoms with Gasteiger partial charge in [-0.1, -0.05) is 0 Å². The van der Waals surface area contributed by atoms with Crippen LogP contribution >= 0.6 is 0 Å². The summed E-state index contributed by atoms with van der Waals surface area (Å²) in [7, 11) is 0. The van der Waals surface area contributed by atoms with Crippen LogP contribution in [-0.4, -0.2) is 20.4 Å². The quantitative estimate of drug-likeness (QED) is 0.370. The van der Waals surface area contributed by atoms with E-state index in [-0.39, 0.29) is 12.4 Å². The molecule has 0 N–H and O–H groups in total. The molecule has 0 saturated heterocycles. The van der Waals surface area contributed by atoms with Crippen molar-refractivity contribution >= 4 is 11.8 Å². The van der Waals surface area contributed by atoms with Gasteiger partial charge in [-0.25, -0.2) is 4.79 Å². The molecule has 0 bridgehead atoms. The summed E-state index contributed by atoms with van der Waals surface area (Å²) in [6, 6.07) is 5.29. The van der Waals surface area contributed by atoms with Crippen molar-refractivity contribution in [1.29, 1.82) is 5.26 Å². The third-order valence-corrected chi connectivity index (χ3v) is 3.26. The molecular weight excluding hydrogens is 300 g/mol. The third kappa shape index (κ3) is 3.52. The lowest BCUT2D eigenvalue weighted by Crippen LogP contribution is -2.17. The largest absolute Gasteiger partial charge is 0.425 e. The Morgan fingerprint density at radius 2 is 2.00 bits per heavy atom. The van der Waals surface area contributed by atoms with Crippen LogP contribution in [0.25, 0.3) is 0 Å². The fourth-order valence-corrected chi connectivity index (χ4v) is 2.20. The first kappa shape index (κ1) is 16.2. The minimum absolute atomic E-state index is 0.189. The van der Waals surface area contributed by atoms with Gasteiger partial charge in [0.1, 0.15) is 18.5 Å². The number of aromatic nitrogens is 2. The zero-order valence-electron chi connectivity index (χ0n) is 12.9. The fraction of sp³-hybridized carbons (Fsp3) is 0.267. The second-order valence-corrected chi connectivity index (χ2v) is 5.06. The molecule has 1 aromatic heterocycles. The van der Waals surface area contributed by atoms with Crippen LogP contribution in [0.1, 0.15) is 22.5 Å². The summed E-state index contributed by atoms with van der Waals surface area (Å²) in [6.07, 6.45) is 1.19. The van der Waals surface area contributed by atoms with Crippen molar-refractivity contribution in [3.63, 3.8) is 0 Å². The molecular formula is C15H14N4O4. The lowest BCUT2D eigenvalue weighted by molar-refractivity contribution is -0.389. The molecule has 0 aliphatic rings. The van der Waals surface area contributed by atoms with Crippen molar-refractivity contribution in [1.82, 2.24) is 9.55 Å². The van der Waals surface area contributed by atoms with Crippen molar-refractivity contribution in [3.8, 4) is 11.8 Å². The number of rotatable bonds is 4. The molecule has 8 nitrogen and oxygen atoms in total. The molecule has 0 saturated carbocycles. The molecule has 2 aromatic rings. The molecule has 0 aliphatic carbocycles. The van der Waals surface area contributed by atoms with E-state index in [0.717, 1.165) is 0 Å². The molecule has 0 unspecified atom stereocenters. The van der Waals surface area contributed by atoms with E-state index in [1.165, 1.54) is 10.8 Å². The Morgan fingerprint density at radius 1 is 1.39 bits per heavy atom. The molecule has 118 valence electrons. The number of nitro groups is 1. The summed E-state index contributed by atoms with van der Waals surface area (Å²) in [6.45, 7) is 4.86. The van der Waals surface area contributed by atoms with Gasteiger partial charge in [0.25, 0.3) is 0 Å². The highest BCUT2D eigenvalue weighted by molar-refractivity contribution is 5.73. The summed E-state index contributed by atoms with van der Waals surface area (Å²) in [5, 5.41) is 19.6. The van der Waals surface area contributed by atoms with Crippen molar-refractivity contribution in [2.24, 2.45) is 0 Å². The second-order valence-electron chi connectivity index (χ2n) is 5.06. The van der Waals surface area contributed by atoms with Gasteiger partial charge < -0.3 is 14.9 Å². The molecule has 2 rings (SSSR count). The van der Waals surface area contributed by atoms with Gasteiger partial charge in [0.15, 0.2) is 0 Å². The van der Waals surface area contributed by atoms with E-state index in [9.17, 15) is 14.9 Å². The molecule has 8 heteroatoms. The number of hydrogen-bond donors (Lipinski definition) is 0. The number of nitriles is 1. The van der Waals surface area contributed by atoms with Crippen molar-refractivity contribution in [3.05, 3.63) is 51.0 Å². The number of carbonyl (C=O) groups is 1. The molecule has 0 fully saturated rings. The van der Waals surface area contributed by atoms with Gasteiger partial charge in [0.05, 0.1) is 11.6 Å². The maximum absolute atomic E-state index is 12.1. The first-order valence-electron chi connectivity index (χ1n) is 6.72. The van der Waals surface area contributed by atoms with Crippen molar-refractivity contribution in [2.45, 2.75) is 27.3 Å². The Morgan fingerprint density at radius 3 is 2.48 bits per heavy atom. The predicted octanol–water partition coefficient (Wildman–Crippen LogP) is 2.19. The zero-order valence-corrected chi connectivity index (χ0v) is 12.9. The normalized spacial score (nSPS) is 10.2. The van der Waals surface area contributed by atoms with E-state index >= 15 is 0 Å². The predicted molar refractivity (Wildman–Crippen MR) is 79.9 cm³/mol. The van der Waals surface area contributed by atoms with E-state index in [4.69, 9.17) is 10.00 Å². The van der Waals surface area contributed by atoms with Crippen LogP contribution < -0.4 is 4.74 Å². The maximum Gasteiger partial charge on any atom is 0.381 e. The second kappa shape index (κ2) is 6.27. The van der Waals surface area contributed by atoms with Crippen LogP contribution in [0.5, 0.6) is 5.75 Å². The lowest BCUT2D eigenvalue weighted by atomic mass is 10.1. The summed E-state index contributed by atoms with van der Waals surface area (Å²) < 4.78 is 6.69. The standard InChI is InChI=1S/C15H14N4O4/c1-9-4-12(6-16)5-10(2)15(9)23-14(20)8-18-7-13(19(21)22)17-11(18)3/h4-5,7H,8H2,1-3H3. The summed E-state index contributed by atoms with van der Waals surface area (Å²) >= 11 is 0. The monoisotopic (exact) mass is 314 g/mol. The highest BCUT2D eigenvalue weighted by atomic mass is 16.6. The van der Waals surface area contributed by atoms with Gasteiger partial charge in [-0.05, 0) is 47.0 Å². The van der Waals surface area contributed by atoms with Crippen molar-refractivity contribution < 1.29 is 14.5 Å². The third-order valence-electron chi connectivity index (χ3n) is 3.26. The van der Waals surface area contributed by atoms with E-state index < -0.39 is 10.9 Å². The SMILES string of the molecule is Cc1cc(C#N)cc(C)c1OC(=O)Cn1cc([N+](=O)[O-])nc1C. The van der Waals surface area contributed by atoms with Gasteiger partial charge >= 0.3 is 11.8 Å². The number of aryl methyl sites for hydroxylation is 3. The molecule has 0 amide bonds. The highest BCUT2D eigenvalue weighted by Gasteiger charge is 2.18. The van der Waals surface area contributed by atoms with Gasteiger partial charge in [-0.3, -0.25) is 4.57 Å². The average Bonchev–Trinajstić information content (AvgIpc) is 2.84. The summed E-state index contributed by atoms with van der Waals surface area (Å²) in [5.74, 6) is -0.152. The van der Waals surface area contributed by atoms with E-state index in [1.54, 1.807) is 32.9 Å². The Labute approximate surface area is 132 Å². The van der Waals surface area contributed by atoms with Gasteiger partial charge in [-0.15, -0.1) is 0 Å². The lowest BCUT2D eigenvalue weighted by Gasteiger charge is -2.11. The Hall–Kier alpha value is -3.21. The van der Waals surface area contributed by atoms with Crippen LogP contribution in [0.3, 0.4) is 0 Å². The highest BCUT2D eigenvalue weighted by Crippen LogP contribution is 2.25. The van der Waals surface area contributed by atoms with E-state index in [0.29, 0.717) is 28.3 Å². The van der Waals surface area contributed by atoms with E-state index in [1.807, 2.05) is 6.07 Å². The number of benzene rings is 1. The molecule has 0 aliphatic heterocycles. The summed E-state index contributed by atoms with van der Waals surface area (Å²) in [5.41, 5.74) is 1.83. The zero-order chi connectivity index (χ0) is 17.1. The minimum atomic E-state index is -0.621. The maximum atomic E-state index is 12.1. The topological polar surface area (TPSA) is 111 Å². The van der Waals surface area contributed by atoms with Crippen LogP contribution in [-0.2, 0) is 11.3 Å². The molecule has 1 aromatic carbocycles. The Bertz CT molecular complexity index is 809. The minimum Gasteiger partial charge on any atom is -0.425 e. The van der Waals surface area contributed by atoms with Gasteiger partial charge in [-0.2, -0.15) is 5.26 Å². The Kier molecular flexibility index (Phi) is 4.41. The number of ether oxygens (including phenoxy) is 1. The number of esters is 1. The molecule has 1 heterocycles. The van der Waals surface area contributed by atoms with Gasteiger partial charge in [0.2, 0.25) is 5.82 Å². The molecule has 23 heavy (non-hydrogen) atoms. The number of carbonyl (C=O) groups excluding carboxylic acids is 1. The van der Waals surface area contributed by atoms with E-state index in [2.05, 4.69) is 4.98 Å². The van der Waals surface area contributed by atoms with Crippen LogP contribution in [0.2, 0.25) is 0 Å². The molecule has 0 atom stereocenters. The molecule has 0 radical (unpaired) electrons. The van der Waals surface area contributed by atoms with Crippen LogP contribution in [0.4, 0.5) is 5.82 Å². The number of nitrogens with zero attached hydrogens (tertiary/aromatic N) is 4. The first-order valence-corrected chi connectivity index (χ1v) is 6.72. The van der Waals surface area contributed by atoms with Gasteiger partial charge in [0, 0.05) is 6.92 Å². The number of imidazole rings is 1. The fourth-order valence-electron chi connectivity index (χ4n) is 2.20. The number of hydrogen-bond acceptors (Lipinski definition) is 6. The van der Waals surface area contributed by atoms with Crippen molar-refractivity contribution in [2.75, 3.05) is 0 Å².